The van der Waals surface area contributed by atoms with Gasteiger partial charge >= 0.3 is 5.97 Å². The number of halogens is 1. The number of nitrogens with zero attached hydrogens (tertiary/aromatic N) is 1. The molecule has 1 heterocycles. The number of aromatic nitrogens is 2. The van der Waals surface area contributed by atoms with E-state index < -0.39 is 5.97 Å². The fourth-order valence-corrected chi connectivity index (χ4v) is 3.33. The average Bonchev–Trinajstić information content (AvgIpc) is 2.37. The van der Waals surface area contributed by atoms with Gasteiger partial charge in [0.05, 0.1) is 5.56 Å². The molecule has 0 saturated heterocycles. The van der Waals surface area contributed by atoms with Crippen LogP contribution in [0.15, 0.2) is 43.6 Å². The Hall–Kier alpha value is -1.60. The Morgan fingerprint density at radius 3 is 2.81 bits per heavy atom. The van der Waals surface area contributed by atoms with E-state index in [9.17, 15) is 9.59 Å². The van der Waals surface area contributed by atoms with Crippen LogP contribution in [-0.2, 0) is 6.42 Å². The van der Waals surface area contributed by atoms with E-state index in [4.69, 9.17) is 5.11 Å². The number of nitrogens with one attached hydrogen (secondary N) is 1. The Morgan fingerprint density at radius 1 is 1.38 bits per heavy atom. The van der Waals surface area contributed by atoms with Crippen LogP contribution in [0.5, 0.6) is 0 Å². The third-order valence-corrected chi connectivity index (χ3v) is 3.93. The molecule has 0 bridgehead atoms. The van der Waals surface area contributed by atoms with Gasteiger partial charge in [-0.15, -0.1) is 0 Å². The zero-order valence-corrected chi connectivity index (χ0v) is 13.6. The summed E-state index contributed by atoms with van der Waals surface area (Å²) in [6.07, 6.45) is 1.64. The topological polar surface area (TPSA) is 83.0 Å². The minimum atomic E-state index is -1.00. The predicted octanol–water partition coefficient (Wildman–Crippen LogP) is 3.33. The minimum absolute atomic E-state index is 0.180. The van der Waals surface area contributed by atoms with Gasteiger partial charge in [-0.1, -0.05) is 41.0 Å². The van der Waals surface area contributed by atoms with Crippen LogP contribution in [0, 0.1) is 0 Å². The van der Waals surface area contributed by atoms with Crippen LogP contribution in [0.3, 0.4) is 0 Å². The van der Waals surface area contributed by atoms with Crippen LogP contribution in [0.4, 0.5) is 0 Å². The second-order valence-electron chi connectivity index (χ2n) is 4.37. The summed E-state index contributed by atoms with van der Waals surface area (Å²) in [4.78, 5) is 30.4. The highest BCUT2D eigenvalue weighted by Gasteiger charge is 2.09. The Morgan fingerprint density at radius 2 is 2.14 bits per heavy atom. The maximum absolute atomic E-state index is 11.6. The highest BCUT2D eigenvalue weighted by atomic mass is 79.9. The number of carboxylic acid groups (broad SMARTS) is 1. The molecule has 0 fully saturated rings. The van der Waals surface area contributed by atoms with Gasteiger partial charge in [0.2, 0.25) is 0 Å². The normalized spacial score (nSPS) is 10.6. The lowest BCUT2D eigenvalue weighted by Crippen LogP contribution is -2.09. The molecule has 0 aliphatic heterocycles. The maximum Gasteiger partial charge on any atom is 0.335 e. The van der Waals surface area contributed by atoms with Crippen molar-refractivity contribution >= 4 is 33.7 Å². The summed E-state index contributed by atoms with van der Waals surface area (Å²) in [5.74, 6) is -1.00. The minimum Gasteiger partial charge on any atom is -0.478 e. The van der Waals surface area contributed by atoms with Gasteiger partial charge in [0, 0.05) is 21.1 Å². The first-order chi connectivity index (χ1) is 9.97. The van der Waals surface area contributed by atoms with E-state index in [1.807, 2.05) is 6.92 Å². The van der Waals surface area contributed by atoms with E-state index in [0.29, 0.717) is 14.5 Å². The van der Waals surface area contributed by atoms with Crippen LogP contribution >= 0.6 is 27.7 Å². The van der Waals surface area contributed by atoms with Crippen molar-refractivity contribution in [1.29, 1.82) is 0 Å². The predicted molar refractivity (Wildman–Crippen MR) is 84.1 cm³/mol. The molecule has 5 nitrogen and oxygen atoms in total. The summed E-state index contributed by atoms with van der Waals surface area (Å²) in [5, 5.41) is 9.51. The summed E-state index contributed by atoms with van der Waals surface area (Å²) >= 11 is 4.51. The number of aromatic amines is 1. The fraction of sp³-hybridized carbons (Fsp3) is 0.214. The van der Waals surface area contributed by atoms with Gasteiger partial charge < -0.3 is 10.1 Å². The lowest BCUT2D eigenvalue weighted by molar-refractivity contribution is 0.0696. The van der Waals surface area contributed by atoms with Gasteiger partial charge in [-0.25, -0.2) is 9.78 Å². The van der Waals surface area contributed by atoms with E-state index in [1.165, 1.54) is 23.9 Å². The molecule has 110 valence electrons. The number of carboxylic acids is 1. The molecule has 1 aromatic carbocycles. The Labute approximate surface area is 133 Å². The largest absolute Gasteiger partial charge is 0.478 e. The van der Waals surface area contributed by atoms with Crippen molar-refractivity contribution in [2.75, 3.05) is 0 Å². The van der Waals surface area contributed by atoms with E-state index in [2.05, 4.69) is 25.9 Å². The molecule has 1 aromatic heterocycles. The van der Waals surface area contributed by atoms with Crippen LogP contribution in [0.25, 0.3) is 0 Å². The first kappa shape index (κ1) is 15.8. The van der Waals surface area contributed by atoms with Gasteiger partial charge in [-0.2, -0.15) is 0 Å². The molecule has 2 N–H and O–H groups in total. The standard InChI is InChI=1S/C14H13BrN2O3S/c1-2-3-10-7-12(18)17-14(16-10)21-11-5-8(13(19)20)4-9(15)6-11/h4-7H,2-3H2,1H3,(H,19,20)(H,16,17,18). The van der Waals surface area contributed by atoms with Gasteiger partial charge in [0.25, 0.3) is 5.56 Å². The second-order valence-corrected chi connectivity index (χ2v) is 6.35. The van der Waals surface area contributed by atoms with Crippen molar-refractivity contribution < 1.29 is 9.90 Å². The van der Waals surface area contributed by atoms with E-state index in [1.54, 1.807) is 12.1 Å². The van der Waals surface area contributed by atoms with Crippen molar-refractivity contribution in [2.24, 2.45) is 0 Å². The van der Waals surface area contributed by atoms with Crippen LogP contribution in [-0.4, -0.2) is 21.0 Å². The molecule has 7 heteroatoms. The van der Waals surface area contributed by atoms with Crippen molar-refractivity contribution in [3.05, 3.63) is 50.3 Å². The molecule has 0 radical (unpaired) electrons. The Balaban J connectivity index is 2.33. The van der Waals surface area contributed by atoms with Crippen molar-refractivity contribution in [2.45, 2.75) is 29.8 Å². The molecule has 0 unspecified atom stereocenters. The molecule has 0 saturated carbocycles. The summed E-state index contributed by atoms with van der Waals surface area (Å²) in [5.41, 5.74) is 0.709. The highest BCUT2D eigenvalue weighted by molar-refractivity contribution is 9.10. The first-order valence-corrected chi connectivity index (χ1v) is 7.91. The number of aromatic carboxylic acids is 1. The zero-order chi connectivity index (χ0) is 15.4. The number of benzene rings is 1. The first-order valence-electron chi connectivity index (χ1n) is 6.30. The number of aryl methyl sites for hydroxylation is 1. The van der Waals surface area contributed by atoms with E-state index in [-0.39, 0.29) is 11.1 Å². The summed E-state index contributed by atoms with van der Waals surface area (Å²) < 4.78 is 0.664. The second kappa shape index (κ2) is 6.91. The van der Waals surface area contributed by atoms with Gasteiger partial charge in [0.15, 0.2) is 5.16 Å². The van der Waals surface area contributed by atoms with Crippen LogP contribution in [0.1, 0.15) is 29.4 Å². The van der Waals surface area contributed by atoms with Crippen molar-refractivity contribution in [3.63, 3.8) is 0 Å². The van der Waals surface area contributed by atoms with Crippen LogP contribution < -0.4 is 5.56 Å². The smallest absolute Gasteiger partial charge is 0.335 e. The molecule has 2 rings (SSSR count). The highest BCUT2D eigenvalue weighted by Crippen LogP contribution is 2.28. The van der Waals surface area contributed by atoms with Gasteiger partial charge in [-0.3, -0.25) is 4.79 Å². The average molecular weight is 369 g/mol. The summed E-state index contributed by atoms with van der Waals surface area (Å²) in [6.45, 7) is 2.02. The number of H-pyrrole nitrogens is 1. The molecule has 2 aromatic rings. The van der Waals surface area contributed by atoms with E-state index in [0.717, 1.165) is 18.5 Å². The summed E-state index contributed by atoms with van der Waals surface area (Å²) in [7, 11) is 0. The van der Waals surface area contributed by atoms with Gasteiger partial charge in [-0.05, 0) is 24.6 Å². The number of carbonyl (C=O) groups is 1. The molecular weight excluding hydrogens is 356 g/mol. The van der Waals surface area contributed by atoms with Crippen LogP contribution in [0.2, 0.25) is 0 Å². The quantitative estimate of drug-likeness (QED) is 0.790. The monoisotopic (exact) mass is 368 g/mol. The lowest BCUT2D eigenvalue weighted by atomic mass is 10.2. The molecule has 0 aliphatic rings. The maximum atomic E-state index is 11.6. The van der Waals surface area contributed by atoms with Crippen molar-refractivity contribution in [1.82, 2.24) is 9.97 Å². The van der Waals surface area contributed by atoms with Gasteiger partial charge in [0.1, 0.15) is 0 Å². The number of hydrogen-bond acceptors (Lipinski definition) is 4. The summed E-state index contributed by atoms with van der Waals surface area (Å²) in [6, 6.07) is 6.33. The fourth-order valence-electron chi connectivity index (χ4n) is 1.77. The molecule has 0 aliphatic carbocycles. The Kier molecular flexibility index (Phi) is 5.19. The zero-order valence-electron chi connectivity index (χ0n) is 11.2. The lowest BCUT2D eigenvalue weighted by Gasteiger charge is -2.05. The molecule has 21 heavy (non-hydrogen) atoms. The Bertz CT molecular complexity index is 730. The molecule has 0 atom stereocenters. The SMILES string of the molecule is CCCc1cc(=O)[nH]c(Sc2cc(Br)cc(C(=O)O)c2)n1. The molecular formula is C14H13BrN2O3S. The number of hydrogen-bond donors (Lipinski definition) is 2. The number of rotatable bonds is 5. The third kappa shape index (κ3) is 4.44. The van der Waals surface area contributed by atoms with Crippen molar-refractivity contribution in [3.8, 4) is 0 Å². The third-order valence-electron chi connectivity index (χ3n) is 2.61. The molecule has 0 spiro atoms. The van der Waals surface area contributed by atoms with E-state index >= 15 is 0 Å². The molecule has 0 amide bonds.